The normalized spacial score (nSPS) is 38.8. The molecule has 0 aliphatic carbocycles. The fourth-order valence-corrected chi connectivity index (χ4v) is 4.12. The van der Waals surface area contributed by atoms with Crippen LogP contribution >= 0.6 is 0 Å². The average molecular weight is 279 g/mol. The molecule has 3 aliphatic heterocycles. The van der Waals surface area contributed by atoms with E-state index in [2.05, 4.69) is 10.2 Å². The van der Waals surface area contributed by atoms with Gasteiger partial charge in [-0.3, -0.25) is 14.5 Å². The van der Waals surface area contributed by atoms with E-state index in [0.29, 0.717) is 12.5 Å². The molecule has 1 N–H and O–H groups in total. The Morgan fingerprint density at radius 3 is 2.70 bits per heavy atom. The summed E-state index contributed by atoms with van der Waals surface area (Å²) in [4.78, 5) is 29.2. The predicted molar refractivity (Wildman–Crippen MR) is 76.1 cm³/mol. The Hall–Kier alpha value is -1.10. The molecular weight excluding hydrogens is 254 g/mol. The fourth-order valence-electron chi connectivity index (χ4n) is 4.12. The average Bonchev–Trinajstić information content (AvgIpc) is 2.87. The molecule has 0 radical (unpaired) electrons. The summed E-state index contributed by atoms with van der Waals surface area (Å²) < 4.78 is 0. The number of piperidine rings is 1. The third kappa shape index (κ3) is 2.12. The van der Waals surface area contributed by atoms with Crippen molar-refractivity contribution >= 4 is 11.8 Å². The maximum absolute atomic E-state index is 12.7. The van der Waals surface area contributed by atoms with Crippen molar-refractivity contribution in [2.45, 2.75) is 70.1 Å². The highest BCUT2D eigenvalue weighted by molar-refractivity contribution is 5.97. The number of rotatable bonds is 2. The van der Waals surface area contributed by atoms with Crippen molar-refractivity contribution in [2.24, 2.45) is 0 Å². The quantitative estimate of drug-likeness (QED) is 0.811. The first-order valence-corrected chi connectivity index (χ1v) is 8.00. The van der Waals surface area contributed by atoms with Crippen molar-refractivity contribution < 1.29 is 9.59 Å². The van der Waals surface area contributed by atoms with E-state index in [1.54, 1.807) is 0 Å². The Kier molecular flexibility index (Phi) is 3.71. The molecule has 5 nitrogen and oxygen atoms in total. The number of hydrogen-bond acceptors (Lipinski definition) is 3. The van der Waals surface area contributed by atoms with Gasteiger partial charge in [-0.25, -0.2) is 0 Å². The van der Waals surface area contributed by atoms with E-state index in [0.717, 1.165) is 19.5 Å². The third-order valence-electron chi connectivity index (χ3n) is 5.25. The molecule has 112 valence electrons. The predicted octanol–water partition coefficient (Wildman–Crippen LogP) is 0.739. The van der Waals surface area contributed by atoms with Gasteiger partial charge in [-0.05, 0) is 39.2 Å². The largest absolute Gasteiger partial charge is 0.343 e. The standard InChI is InChI=1S/C15H25N3O2/c1-3-11-15(20)18(10(2)14(19)16-11)13-7-9-17-8-5-4-6-12(13)17/h10-13H,3-9H2,1-2H3,(H,16,19). The van der Waals surface area contributed by atoms with E-state index in [-0.39, 0.29) is 29.9 Å². The van der Waals surface area contributed by atoms with Crippen LogP contribution in [0.1, 0.15) is 46.0 Å². The number of hydrogen-bond donors (Lipinski definition) is 1. The summed E-state index contributed by atoms with van der Waals surface area (Å²) in [7, 11) is 0. The smallest absolute Gasteiger partial charge is 0.246 e. The molecule has 4 unspecified atom stereocenters. The fraction of sp³-hybridized carbons (Fsp3) is 0.867. The summed E-state index contributed by atoms with van der Waals surface area (Å²) in [5.74, 6) is 0.128. The first-order chi connectivity index (χ1) is 9.63. The minimum atomic E-state index is -0.323. The third-order valence-corrected chi connectivity index (χ3v) is 5.25. The van der Waals surface area contributed by atoms with Crippen molar-refractivity contribution in [2.75, 3.05) is 13.1 Å². The monoisotopic (exact) mass is 279 g/mol. The first-order valence-electron chi connectivity index (χ1n) is 8.00. The molecule has 0 aromatic carbocycles. The van der Waals surface area contributed by atoms with Gasteiger partial charge in [-0.15, -0.1) is 0 Å². The molecular formula is C15H25N3O2. The number of piperazine rings is 1. The summed E-state index contributed by atoms with van der Waals surface area (Å²) >= 11 is 0. The van der Waals surface area contributed by atoms with Crippen LogP contribution < -0.4 is 5.32 Å². The molecule has 3 saturated heterocycles. The van der Waals surface area contributed by atoms with Gasteiger partial charge in [-0.1, -0.05) is 13.3 Å². The van der Waals surface area contributed by atoms with Crippen molar-refractivity contribution in [1.82, 2.24) is 15.1 Å². The second kappa shape index (κ2) is 5.35. The van der Waals surface area contributed by atoms with E-state index in [4.69, 9.17) is 0 Å². The number of nitrogens with one attached hydrogen (secondary N) is 1. The SMILES string of the molecule is CCC1NC(=O)C(C)N(C2CCN3CCCCC23)C1=O. The van der Waals surface area contributed by atoms with Crippen molar-refractivity contribution in [3.05, 3.63) is 0 Å². The van der Waals surface area contributed by atoms with Crippen LogP contribution in [0.3, 0.4) is 0 Å². The lowest BCUT2D eigenvalue weighted by atomic mass is 9.94. The Labute approximate surface area is 120 Å². The highest BCUT2D eigenvalue weighted by Gasteiger charge is 2.47. The van der Waals surface area contributed by atoms with Crippen LogP contribution in [0.25, 0.3) is 0 Å². The molecule has 0 saturated carbocycles. The van der Waals surface area contributed by atoms with Crippen molar-refractivity contribution in [3.8, 4) is 0 Å². The van der Waals surface area contributed by atoms with Gasteiger partial charge in [0, 0.05) is 18.6 Å². The van der Waals surface area contributed by atoms with Crippen LogP contribution in [0.15, 0.2) is 0 Å². The summed E-state index contributed by atoms with van der Waals surface area (Å²) in [6.45, 7) is 6.05. The van der Waals surface area contributed by atoms with Gasteiger partial charge in [0.15, 0.2) is 0 Å². The molecule has 0 spiro atoms. The van der Waals surface area contributed by atoms with Crippen molar-refractivity contribution in [1.29, 1.82) is 0 Å². The van der Waals surface area contributed by atoms with Crippen LogP contribution in [0.2, 0.25) is 0 Å². The Morgan fingerprint density at radius 2 is 1.95 bits per heavy atom. The zero-order chi connectivity index (χ0) is 14.3. The van der Waals surface area contributed by atoms with Crippen LogP contribution in [-0.4, -0.2) is 58.9 Å². The highest BCUT2D eigenvalue weighted by Crippen LogP contribution is 2.32. The lowest BCUT2D eigenvalue weighted by Crippen LogP contribution is -2.66. The van der Waals surface area contributed by atoms with E-state index in [1.807, 2.05) is 18.7 Å². The van der Waals surface area contributed by atoms with Gasteiger partial charge in [0.05, 0.1) is 0 Å². The molecule has 0 aromatic rings. The Morgan fingerprint density at radius 1 is 1.15 bits per heavy atom. The van der Waals surface area contributed by atoms with Gasteiger partial charge in [0.1, 0.15) is 12.1 Å². The number of nitrogens with zero attached hydrogens (tertiary/aromatic N) is 2. The summed E-state index contributed by atoms with van der Waals surface area (Å²) in [6.07, 6.45) is 5.38. The molecule has 0 bridgehead atoms. The molecule has 4 atom stereocenters. The summed E-state index contributed by atoms with van der Waals surface area (Å²) in [5, 5.41) is 2.85. The summed E-state index contributed by atoms with van der Waals surface area (Å²) in [6, 6.07) is 0.0602. The van der Waals surface area contributed by atoms with Crippen LogP contribution in [0.5, 0.6) is 0 Å². The molecule has 20 heavy (non-hydrogen) atoms. The maximum atomic E-state index is 12.7. The molecule has 3 rings (SSSR count). The second-order valence-corrected chi connectivity index (χ2v) is 6.35. The van der Waals surface area contributed by atoms with Crippen molar-refractivity contribution in [3.63, 3.8) is 0 Å². The maximum Gasteiger partial charge on any atom is 0.246 e. The number of amides is 2. The van der Waals surface area contributed by atoms with Gasteiger partial charge >= 0.3 is 0 Å². The Bertz CT molecular complexity index is 412. The van der Waals surface area contributed by atoms with Crippen LogP contribution in [0, 0.1) is 0 Å². The highest BCUT2D eigenvalue weighted by atomic mass is 16.2. The molecule has 3 heterocycles. The molecule has 0 aromatic heterocycles. The zero-order valence-corrected chi connectivity index (χ0v) is 12.5. The molecule has 2 amide bonds. The van der Waals surface area contributed by atoms with Gasteiger partial charge in [0.2, 0.25) is 11.8 Å². The van der Waals surface area contributed by atoms with E-state index >= 15 is 0 Å². The lowest BCUT2D eigenvalue weighted by molar-refractivity contribution is -0.152. The second-order valence-electron chi connectivity index (χ2n) is 6.35. The zero-order valence-electron chi connectivity index (χ0n) is 12.5. The minimum absolute atomic E-state index is 0.00529. The first kappa shape index (κ1) is 13.9. The number of fused-ring (bicyclic) bond motifs is 1. The minimum Gasteiger partial charge on any atom is -0.343 e. The molecule has 5 heteroatoms. The molecule has 3 aliphatic rings. The number of carbonyl (C=O) groups is 2. The number of carbonyl (C=O) groups excluding carboxylic acids is 2. The van der Waals surface area contributed by atoms with Gasteiger partial charge in [-0.2, -0.15) is 0 Å². The Balaban J connectivity index is 1.83. The van der Waals surface area contributed by atoms with E-state index in [1.165, 1.54) is 19.3 Å². The van der Waals surface area contributed by atoms with Gasteiger partial charge < -0.3 is 10.2 Å². The van der Waals surface area contributed by atoms with E-state index in [9.17, 15) is 9.59 Å². The van der Waals surface area contributed by atoms with E-state index < -0.39 is 0 Å². The summed E-state index contributed by atoms with van der Waals surface area (Å²) in [5.41, 5.74) is 0. The van der Waals surface area contributed by atoms with Crippen LogP contribution in [0.4, 0.5) is 0 Å². The van der Waals surface area contributed by atoms with Crippen LogP contribution in [-0.2, 0) is 9.59 Å². The molecule has 3 fully saturated rings. The van der Waals surface area contributed by atoms with Gasteiger partial charge in [0.25, 0.3) is 0 Å². The lowest BCUT2D eigenvalue weighted by Gasteiger charge is -2.44. The topological polar surface area (TPSA) is 52.7 Å².